The van der Waals surface area contributed by atoms with Crippen LogP contribution in [-0.4, -0.2) is 9.97 Å². The van der Waals surface area contributed by atoms with Crippen LogP contribution in [0.3, 0.4) is 0 Å². The molecule has 0 saturated carbocycles. The molecule has 0 atom stereocenters. The molecule has 0 aliphatic rings. The maximum Gasteiger partial charge on any atom is 0.238 e. The Kier molecular flexibility index (Phi) is 4.25. The molecule has 0 radical (unpaired) electrons. The molecule has 1 aromatic heterocycles. The van der Waals surface area contributed by atoms with Crippen LogP contribution in [0, 0.1) is 0 Å². The fourth-order valence-electron chi connectivity index (χ4n) is 1.06. The normalized spacial score (nSPS) is 10.4. The topological polar surface area (TPSA) is 35.0 Å². The van der Waals surface area contributed by atoms with Gasteiger partial charge in [0.1, 0.15) is 5.75 Å². The molecule has 88 valence electrons. The number of rotatable bonds is 2. The number of aromatic nitrogens is 2. The summed E-state index contributed by atoms with van der Waals surface area (Å²) in [5, 5.41) is 0.734. The van der Waals surface area contributed by atoms with Gasteiger partial charge in [-0.15, -0.1) is 0 Å². The van der Waals surface area contributed by atoms with Gasteiger partial charge in [0.05, 0.1) is 8.95 Å². The number of benzene rings is 1. The van der Waals surface area contributed by atoms with Gasteiger partial charge in [-0.25, -0.2) is 4.98 Å². The number of hydrogen-bond donors (Lipinski definition) is 0. The molecule has 3 nitrogen and oxygen atoms in total. The van der Waals surface area contributed by atoms with Crippen molar-refractivity contribution in [1.82, 2.24) is 9.97 Å². The van der Waals surface area contributed by atoms with Crippen molar-refractivity contribution >= 4 is 55.1 Å². The van der Waals surface area contributed by atoms with Gasteiger partial charge in [-0.2, -0.15) is 4.98 Å². The molecule has 0 aliphatic carbocycles. The van der Waals surface area contributed by atoms with Crippen molar-refractivity contribution in [1.29, 1.82) is 0 Å². The summed E-state index contributed by atoms with van der Waals surface area (Å²) in [6.45, 7) is 0. The first kappa shape index (κ1) is 13.1. The summed E-state index contributed by atoms with van der Waals surface area (Å²) in [5.74, 6) is 0.929. The third kappa shape index (κ3) is 3.31. The van der Waals surface area contributed by atoms with Gasteiger partial charge in [0.2, 0.25) is 11.2 Å². The van der Waals surface area contributed by atoms with E-state index in [0.717, 1.165) is 4.47 Å². The van der Waals surface area contributed by atoms with Crippen LogP contribution in [0.25, 0.3) is 0 Å². The Morgan fingerprint density at radius 3 is 2.59 bits per heavy atom. The molecule has 0 amide bonds. The molecule has 0 aliphatic heterocycles. The second-order valence-electron chi connectivity index (χ2n) is 2.97. The lowest BCUT2D eigenvalue weighted by Gasteiger charge is -2.08. The van der Waals surface area contributed by atoms with E-state index in [9.17, 15) is 0 Å². The minimum atomic E-state index is 0.119. The average molecular weight is 399 g/mol. The third-order valence-electron chi connectivity index (χ3n) is 1.78. The summed E-state index contributed by atoms with van der Waals surface area (Å²) in [6.07, 6.45) is 1.52. The zero-order valence-corrected chi connectivity index (χ0v) is 12.8. The molecule has 0 saturated heterocycles. The molecule has 0 spiro atoms. The number of nitrogens with zero attached hydrogens (tertiary/aromatic N) is 2. The Morgan fingerprint density at radius 2 is 1.88 bits per heavy atom. The van der Waals surface area contributed by atoms with Gasteiger partial charge in [-0.1, -0.05) is 11.6 Å². The molecule has 2 rings (SSSR count). The van der Waals surface area contributed by atoms with Crippen molar-refractivity contribution in [2.45, 2.75) is 0 Å². The molecular weight excluding hydrogens is 395 g/mol. The van der Waals surface area contributed by atoms with Crippen LogP contribution in [0.1, 0.15) is 0 Å². The van der Waals surface area contributed by atoms with Gasteiger partial charge < -0.3 is 4.74 Å². The first-order valence-corrected chi connectivity index (χ1v) is 6.71. The summed E-state index contributed by atoms with van der Waals surface area (Å²) >= 11 is 18.2. The van der Waals surface area contributed by atoms with E-state index < -0.39 is 0 Å². The maximum atomic E-state index is 5.83. The Labute approximate surface area is 124 Å². The van der Waals surface area contributed by atoms with Gasteiger partial charge in [0.15, 0.2) is 0 Å². The van der Waals surface area contributed by atoms with Crippen molar-refractivity contribution in [3.05, 3.63) is 43.6 Å². The highest BCUT2D eigenvalue weighted by atomic mass is 79.9. The van der Waals surface area contributed by atoms with Crippen LogP contribution in [0.4, 0.5) is 0 Å². The SMILES string of the molecule is Clc1ccc(Oc2nc(Cl)ncc2Br)c(Br)c1. The van der Waals surface area contributed by atoms with E-state index in [4.69, 9.17) is 27.9 Å². The highest BCUT2D eigenvalue weighted by Crippen LogP contribution is 2.34. The monoisotopic (exact) mass is 396 g/mol. The van der Waals surface area contributed by atoms with Gasteiger partial charge >= 0.3 is 0 Å². The molecule has 0 N–H and O–H groups in total. The second kappa shape index (κ2) is 5.52. The molecule has 0 bridgehead atoms. The molecule has 0 unspecified atom stereocenters. The standard InChI is InChI=1S/C10H4Br2Cl2N2O/c11-6-3-5(13)1-2-8(6)17-9-7(12)4-15-10(14)16-9/h1-4H. The highest BCUT2D eigenvalue weighted by molar-refractivity contribution is 9.11. The van der Waals surface area contributed by atoms with Crippen LogP contribution in [0.2, 0.25) is 10.3 Å². The lowest BCUT2D eigenvalue weighted by atomic mass is 10.3. The Balaban J connectivity index is 2.34. The molecular formula is C10H4Br2Cl2N2O. The van der Waals surface area contributed by atoms with Gasteiger partial charge in [0, 0.05) is 11.2 Å². The predicted octanol–water partition coefficient (Wildman–Crippen LogP) is 5.10. The van der Waals surface area contributed by atoms with Crippen LogP contribution in [-0.2, 0) is 0 Å². The first-order chi connectivity index (χ1) is 8.06. The van der Waals surface area contributed by atoms with E-state index in [1.165, 1.54) is 6.20 Å². The molecule has 1 heterocycles. The average Bonchev–Trinajstić information content (AvgIpc) is 2.27. The van der Waals surface area contributed by atoms with E-state index >= 15 is 0 Å². The Hall–Kier alpha value is -0.360. The van der Waals surface area contributed by atoms with Crippen molar-refractivity contribution in [3.8, 4) is 11.6 Å². The summed E-state index contributed by atoms with van der Waals surface area (Å²) in [4.78, 5) is 7.78. The number of halogens is 4. The van der Waals surface area contributed by atoms with Crippen molar-refractivity contribution in [3.63, 3.8) is 0 Å². The summed E-state index contributed by atoms with van der Waals surface area (Å²) in [6, 6.07) is 5.18. The fourth-order valence-corrected chi connectivity index (χ4v) is 2.23. The first-order valence-electron chi connectivity index (χ1n) is 4.37. The van der Waals surface area contributed by atoms with Gasteiger partial charge in [-0.3, -0.25) is 0 Å². The molecule has 1 aromatic carbocycles. The van der Waals surface area contributed by atoms with Crippen LogP contribution in [0.5, 0.6) is 11.6 Å². The summed E-state index contributed by atoms with van der Waals surface area (Å²) in [7, 11) is 0. The molecule has 2 aromatic rings. The summed E-state index contributed by atoms with van der Waals surface area (Å²) in [5.41, 5.74) is 0. The van der Waals surface area contributed by atoms with E-state index in [2.05, 4.69) is 41.8 Å². The van der Waals surface area contributed by atoms with E-state index in [-0.39, 0.29) is 5.28 Å². The maximum absolute atomic E-state index is 5.83. The summed E-state index contributed by atoms with van der Waals surface area (Å²) < 4.78 is 6.93. The van der Waals surface area contributed by atoms with E-state index in [1.54, 1.807) is 18.2 Å². The van der Waals surface area contributed by atoms with Gasteiger partial charge in [0.25, 0.3) is 0 Å². The Morgan fingerprint density at radius 1 is 1.12 bits per heavy atom. The molecule has 7 heteroatoms. The lowest BCUT2D eigenvalue weighted by Crippen LogP contribution is -1.92. The predicted molar refractivity (Wildman–Crippen MR) is 74.0 cm³/mol. The quantitative estimate of drug-likeness (QED) is 0.660. The largest absolute Gasteiger partial charge is 0.437 e. The zero-order chi connectivity index (χ0) is 12.4. The second-order valence-corrected chi connectivity index (χ2v) is 5.45. The third-order valence-corrected chi connectivity index (χ3v) is 3.36. The lowest BCUT2D eigenvalue weighted by molar-refractivity contribution is 0.455. The van der Waals surface area contributed by atoms with Gasteiger partial charge in [-0.05, 0) is 61.7 Å². The van der Waals surface area contributed by atoms with Crippen molar-refractivity contribution in [2.75, 3.05) is 0 Å². The minimum Gasteiger partial charge on any atom is -0.437 e. The van der Waals surface area contributed by atoms with Crippen LogP contribution < -0.4 is 4.74 Å². The highest BCUT2D eigenvalue weighted by Gasteiger charge is 2.09. The van der Waals surface area contributed by atoms with Crippen molar-refractivity contribution < 1.29 is 4.74 Å². The van der Waals surface area contributed by atoms with Crippen LogP contribution >= 0.6 is 55.1 Å². The number of hydrogen-bond acceptors (Lipinski definition) is 3. The van der Waals surface area contributed by atoms with Crippen LogP contribution in [0.15, 0.2) is 33.3 Å². The zero-order valence-electron chi connectivity index (χ0n) is 8.12. The molecule has 17 heavy (non-hydrogen) atoms. The van der Waals surface area contributed by atoms with Crippen molar-refractivity contribution in [2.24, 2.45) is 0 Å². The Bertz CT molecular complexity index is 566. The smallest absolute Gasteiger partial charge is 0.238 e. The number of ether oxygens (including phenoxy) is 1. The fraction of sp³-hybridized carbons (Fsp3) is 0. The minimum absolute atomic E-state index is 0.119. The van der Waals surface area contributed by atoms with E-state index in [0.29, 0.717) is 21.1 Å². The molecule has 0 fully saturated rings. The van der Waals surface area contributed by atoms with E-state index in [1.807, 2.05) is 0 Å².